The fourth-order valence-corrected chi connectivity index (χ4v) is 11.8. The van der Waals surface area contributed by atoms with Crippen molar-refractivity contribution in [2.24, 2.45) is 5.41 Å². The molecule has 1 saturated heterocycles. The topological polar surface area (TPSA) is 196 Å². The van der Waals surface area contributed by atoms with Crippen LogP contribution >= 0.6 is 19.1 Å². The monoisotopic (exact) mass is 987 g/mol. The zero-order valence-electron chi connectivity index (χ0n) is 39.1. The maximum Gasteiger partial charge on any atom is 0.293 e. The maximum absolute atomic E-state index is 14.4. The summed E-state index contributed by atoms with van der Waals surface area (Å²) in [6.45, 7) is 11.4. The van der Waals surface area contributed by atoms with Crippen molar-refractivity contribution in [2.75, 3.05) is 94.4 Å². The Bertz CT molecular complexity index is 2880. The number of fused-ring (bicyclic) bond motifs is 2. The molecule has 20 heteroatoms. The molecule has 1 aliphatic carbocycles. The maximum atomic E-state index is 14.4. The quantitative estimate of drug-likeness (QED) is 0.0481. The van der Waals surface area contributed by atoms with Crippen LogP contribution in [0.4, 0.5) is 28.4 Å². The smallest absolute Gasteiger partial charge is 0.293 e. The van der Waals surface area contributed by atoms with Crippen molar-refractivity contribution >= 4 is 80.1 Å². The number of benzene rings is 3. The SMILES string of the molecule is CCOP(=O)(CCNc1ccc(S(=O)(=O)NC(=O)c2ccc(N3CCN(CC4=C(c5ccc(Cl)cc5)CC(C)(C)CC4)CC3)cc2N2CCCOc3nc4[nH]ccc4cc32)cc1[N+](=O)[O-])N(C)C. The van der Waals surface area contributed by atoms with Crippen LogP contribution in [-0.2, 0) is 19.1 Å². The number of hydrogen-bond acceptors (Lipinski definition) is 13. The number of sulfonamides is 1. The number of nitro benzene ring substituents is 1. The Hall–Kier alpha value is -5.49. The number of ether oxygens (including phenoxy) is 1. The van der Waals surface area contributed by atoms with Gasteiger partial charge in [-0.05, 0) is 118 Å². The van der Waals surface area contributed by atoms with E-state index in [4.69, 9.17) is 25.8 Å². The van der Waals surface area contributed by atoms with Crippen molar-refractivity contribution in [2.45, 2.75) is 51.3 Å². The summed E-state index contributed by atoms with van der Waals surface area (Å²) < 4.78 is 56.4. The van der Waals surface area contributed by atoms with Crippen molar-refractivity contribution in [3.63, 3.8) is 0 Å². The van der Waals surface area contributed by atoms with E-state index in [2.05, 4.69) is 50.8 Å². The molecule has 2 aliphatic heterocycles. The van der Waals surface area contributed by atoms with Crippen LogP contribution in [0, 0.1) is 15.5 Å². The Morgan fingerprint density at radius 3 is 2.51 bits per heavy atom. The second kappa shape index (κ2) is 20.2. The molecule has 8 rings (SSSR count). The van der Waals surface area contributed by atoms with E-state index in [1.54, 1.807) is 33.3 Å². The van der Waals surface area contributed by atoms with Gasteiger partial charge in [0, 0.05) is 74.2 Å². The molecular weight excluding hydrogens is 929 g/mol. The first kappa shape index (κ1) is 48.9. The van der Waals surface area contributed by atoms with Gasteiger partial charge in [0.05, 0.1) is 40.4 Å². The number of carbonyl (C=O) groups excluding carboxylic acids is 1. The first-order valence-corrected chi connectivity index (χ1v) is 26.5. The van der Waals surface area contributed by atoms with Crippen LogP contribution in [0.2, 0.25) is 5.02 Å². The highest BCUT2D eigenvalue weighted by Crippen LogP contribution is 2.48. The molecule has 0 spiro atoms. The lowest BCUT2D eigenvalue weighted by atomic mass is 9.72. The molecule has 2 aromatic heterocycles. The van der Waals surface area contributed by atoms with Crippen LogP contribution in [-0.4, -0.2) is 118 Å². The average molecular weight is 989 g/mol. The van der Waals surface area contributed by atoms with Crippen molar-refractivity contribution in [1.82, 2.24) is 24.3 Å². The van der Waals surface area contributed by atoms with Gasteiger partial charge in [-0.15, -0.1) is 0 Å². The number of amides is 1. The summed E-state index contributed by atoms with van der Waals surface area (Å²) in [5.74, 6) is -0.545. The molecular formula is C48H59ClN9O8PS. The molecule has 3 aliphatic rings. The molecule has 0 bridgehead atoms. The number of allylic oxidation sites excluding steroid dienone is 1. The van der Waals surface area contributed by atoms with E-state index < -0.39 is 39.0 Å². The highest BCUT2D eigenvalue weighted by atomic mass is 35.5. The Morgan fingerprint density at radius 2 is 1.79 bits per heavy atom. The number of hydrogen-bond donors (Lipinski definition) is 3. The standard InChI is InChI=1S/C48H59ClN9O8PS/c1-6-66-67(62,54(4)5)27-20-50-41-15-13-38(30-43(41)58(60)61)68(63,64)53-46(59)39-14-12-37(29-42(39)57-21-7-26-65-47-44(57)28-34-17-19-51-45(34)52-47)56-24-22-55(23-25-56)32-35-16-18-48(2,3)31-40(35)33-8-10-36(49)11-9-33/h8-15,17,19,28-30,50H,6-7,16,18,20-27,31-32H2,1-5H3,(H,51,52)(H,53,59). The summed E-state index contributed by atoms with van der Waals surface area (Å²) in [7, 11) is -4.59. The lowest BCUT2D eigenvalue weighted by Gasteiger charge is -2.39. The number of aromatic amines is 1. The molecule has 0 radical (unpaired) electrons. The lowest BCUT2D eigenvalue weighted by Crippen LogP contribution is -2.47. The van der Waals surface area contributed by atoms with Gasteiger partial charge in [-0.3, -0.25) is 24.4 Å². The van der Waals surface area contributed by atoms with E-state index in [0.717, 1.165) is 74.1 Å². The molecule has 1 fully saturated rings. The van der Waals surface area contributed by atoms with E-state index in [1.165, 1.54) is 33.5 Å². The number of halogens is 1. The molecule has 17 nitrogen and oxygen atoms in total. The van der Waals surface area contributed by atoms with Gasteiger partial charge < -0.3 is 29.4 Å². The molecule has 362 valence electrons. The van der Waals surface area contributed by atoms with Crippen LogP contribution in [0.5, 0.6) is 5.88 Å². The number of anilines is 4. The number of rotatable bonds is 16. The van der Waals surface area contributed by atoms with Gasteiger partial charge in [0.25, 0.3) is 29.1 Å². The predicted octanol–water partition coefficient (Wildman–Crippen LogP) is 9.15. The summed E-state index contributed by atoms with van der Waals surface area (Å²) in [6, 6.07) is 20.7. The number of pyridine rings is 1. The van der Waals surface area contributed by atoms with Crippen LogP contribution in [0.1, 0.15) is 62.4 Å². The molecule has 1 unspecified atom stereocenters. The Labute approximate surface area is 402 Å². The third-order valence-electron chi connectivity index (χ3n) is 12.9. The number of piperazine rings is 1. The average Bonchev–Trinajstić information content (AvgIpc) is 3.67. The molecule has 68 heavy (non-hydrogen) atoms. The van der Waals surface area contributed by atoms with Crippen molar-refractivity contribution < 1.29 is 32.0 Å². The molecule has 1 atom stereocenters. The highest BCUT2D eigenvalue weighted by Gasteiger charge is 2.32. The summed E-state index contributed by atoms with van der Waals surface area (Å²) in [4.78, 5) is 40.1. The summed E-state index contributed by atoms with van der Waals surface area (Å²) >= 11 is 6.27. The summed E-state index contributed by atoms with van der Waals surface area (Å²) in [6.07, 6.45) is 5.58. The third kappa shape index (κ3) is 10.9. The first-order valence-electron chi connectivity index (χ1n) is 22.9. The van der Waals surface area contributed by atoms with Gasteiger partial charge in [0.1, 0.15) is 17.0 Å². The van der Waals surface area contributed by atoms with Crippen LogP contribution < -0.4 is 24.6 Å². The first-order chi connectivity index (χ1) is 32.4. The highest BCUT2D eigenvalue weighted by molar-refractivity contribution is 7.90. The molecule has 4 heterocycles. The van der Waals surface area contributed by atoms with Gasteiger partial charge in [0.2, 0.25) is 5.88 Å². The molecule has 5 aromatic rings. The van der Waals surface area contributed by atoms with E-state index in [0.29, 0.717) is 42.5 Å². The minimum Gasteiger partial charge on any atom is -0.476 e. The minimum absolute atomic E-state index is 0.0192. The van der Waals surface area contributed by atoms with E-state index >= 15 is 0 Å². The third-order valence-corrected chi connectivity index (χ3v) is 17.2. The fourth-order valence-electron chi connectivity index (χ4n) is 9.17. The Balaban J connectivity index is 1.06. The van der Waals surface area contributed by atoms with Gasteiger partial charge in [-0.1, -0.05) is 43.2 Å². The fraction of sp³-hybridized carbons (Fsp3) is 0.417. The molecule has 1 amide bonds. The largest absolute Gasteiger partial charge is 0.476 e. The Morgan fingerprint density at radius 1 is 1.03 bits per heavy atom. The second-order valence-electron chi connectivity index (χ2n) is 18.4. The number of aromatic nitrogens is 2. The van der Waals surface area contributed by atoms with E-state index in [1.807, 2.05) is 41.3 Å². The minimum atomic E-state index is -4.65. The summed E-state index contributed by atoms with van der Waals surface area (Å²) in [5, 5.41) is 16.7. The number of H-pyrrole nitrogens is 1. The van der Waals surface area contributed by atoms with E-state index in [9.17, 15) is 27.9 Å². The van der Waals surface area contributed by atoms with Gasteiger partial charge in [-0.2, -0.15) is 4.98 Å². The van der Waals surface area contributed by atoms with Crippen LogP contribution in [0.3, 0.4) is 0 Å². The normalized spacial score (nSPS) is 17.6. The zero-order chi connectivity index (χ0) is 48.4. The number of nitrogens with one attached hydrogen (secondary N) is 3. The van der Waals surface area contributed by atoms with Crippen LogP contribution in [0.15, 0.2) is 89.5 Å². The molecule has 3 aromatic carbocycles. The number of carbonyl (C=O) groups is 1. The number of nitro groups is 1. The van der Waals surface area contributed by atoms with Gasteiger partial charge in [-0.25, -0.2) is 17.8 Å². The molecule has 0 saturated carbocycles. The van der Waals surface area contributed by atoms with Crippen molar-refractivity contribution in [3.05, 3.63) is 111 Å². The van der Waals surface area contributed by atoms with Gasteiger partial charge >= 0.3 is 0 Å². The van der Waals surface area contributed by atoms with Crippen molar-refractivity contribution in [3.8, 4) is 5.88 Å². The van der Waals surface area contributed by atoms with Gasteiger partial charge in [0.15, 0.2) is 0 Å². The summed E-state index contributed by atoms with van der Waals surface area (Å²) in [5.41, 5.74) is 6.45. The molecule has 3 N–H and O–H groups in total. The second-order valence-corrected chi connectivity index (χ2v) is 23.3. The predicted molar refractivity (Wildman–Crippen MR) is 268 cm³/mol. The number of nitrogens with zero attached hydrogens (tertiary/aromatic N) is 6. The lowest BCUT2D eigenvalue weighted by molar-refractivity contribution is -0.384. The zero-order valence-corrected chi connectivity index (χ0v) is 41.6. The van der Waals surface area contributed by atoms with Crippen LogP contribution in [0.25, 0.3) is 16.6 Å². The van der Waals surface area contributed by atoms with Crippen molar-refractivity contribution in [1.29, 1.82) is 0 Å². The van der Waals surface area contributed by atoms with E-state index in [-0.39, 0.29) is 36.0 Å². The Kier molecular flexibility index (Phi) is 14.6.